The zero-order chi connectivity index (χ0) is 13.2. The quantitative estimate of drug-likeness (QED) is 0.608. The molecule has 18 heavy (non-hydrogen) atoms. The van der Waals surface area contributed by atoms with E-state index in [1.54, 1.807) is 18.7 Å². The van der Waals surface area contributed by atoms with Gasteiger partial charge < -0.3 is 4.74 Å². The van der Waals surface area contributed by atoms with E-state index in [1.807, 2.05) is 18.2 Å². The summed E-state index contributed by atoms with van der Waals surface area (Å²) in [4.78, 5) is 12.5. The van der Waals surface area contributed by atoms with Gasteiger partial charge in [-0.05, 0) is 45.7 Å². The summed E-state index contributed by atoms with van der Waals surface area (Å²) in [5.41, 5.74) is 0.819. The minimum atomic E-state index is 0.0342. The minimum Gasteiger partial charge on any atom is -0.371 e. The van der Waals surface area contributed by atoms with Gasteiger partial charge in [-0.25, -0.2) is 0 Å². The van der Waals surface area contributed by atoms with Crippen molar-refractivity contribution in [1.82, 2.24) is 0 Å². The summed E-state index contributed by atoms with van der Waals surface area (Å²) in [5.74, 6) is 1.08. The van der Waals surface area contributed by atoms with Crippen molar-refractivity contribution < 1.29 is 9.53 Å². The molecule has 0 N–H and O–H groups in total. The van der Waals surface area contributed by atoms with Gasteiger partial charge in [0.1, 0.15) is 0 Å². The highest BCUT2D eigenvalue weighted by Gasteiger charge is 2.31. The number of hydrogen-bond donors (Lipinski definition) is 0. The lowest BCUT2D eigenvalue weighted by Gasteiger charge is -2.19. The maximum atomic E-state index is 11.3. The second-order valence-electron chi connectivity index (χ2n) is 5.43. The van der Waals surface area contributed by atoms with E-state index in [-0.39, 0.29) is 11.4 Å². The Kier molecular flexibility index (Phi) is 4.13. The number of ketones is 1. The molecule has 0 bridgehead atoms. The molecule has 0 amide bonds. The highest BCUT2D eigenvalue weighted by Crippen LogP contribution is 2.32. The maximum Gasteiger partial charge on any atom is 0.159 e. The van der Waals surface area contributed by atoms with Crippen LogP contribution in [0.15, 0.2) is 29.2 Å². The van der Waals surface area contributed by atoms with Gasteiger partial charge in [0.2, 0.25) is 0 Å². The smallest absolute Gasteiger partial charge is 0.159 e. The van der Waals surface area contributed by atoms with E-state index in [4.69, 9.17) is 4.74 Å². The standard InChI is InChI=1S/C15H20O2S/c1-11(16)12-5-4-6-14(9-12)18-10-13-7-8-15(2,3)17-13/h4-6,9,13H,7-8,10H2,1-3H3. The van der Waals surface area contributed by atoms with Crippen LogP contribution in [0.25, 0.3) is 0 Å². The van der Waals surface area contributed by atoms with Crippen LogP contribution < -0.4 is 0 Å². The first-order valence-corrected chi connectivity index (χ1v) is 7.36. The van der Waals surface area contributed by atoms with Crippen LogP contribution in [-0.2, 0) is 4.74 Å². The largest absolute Gasteiger partial charge is 0.371 e. The van der Waals surface area contributed by atoms with Crippen molar-refractivity contribution in [1.29, 1.82) is 0 Å². The molecule has 98 valence electrons. The molecule has 0 radical (unpaired) electrons. The molecule has 0 spiro atoms. The molecule has 2 nitrogen and oxygen atoms in total. The number of carbonyl (C=O) groups excluding carboxylic acids is 1. The van der Waals surface area contributed by atoms with Crippen LogP contribution in [0.5, 0.6) is 0 Å². The van der Waals surface area contributed by atoms with Crippen molar-refractivity contribution in [2.24, 2.45) is 0 Å². The SMILES string of the molecule is CC(=O)c1cccc(SCC2CCC(C)(C)O2)c1. The average Bonchev–Trinajstić information content (AvgIpc) is 2.67. The summed E-state index contributed by atoms with van der Waals surface area (Å²) < 4.78 is 5.96. The average molecular weight is 264 g/mol. The Morgan fingerprint density at radius 3 is 2.89 bits per heavy atom. The van der Waals surface area contributed by atoms with Crippen LogP contribution in [0.2, 0.25) is 0 Å². The molecule has 1 unspecified atom stereocenters. The third-order valence-corrected chi connectivity index (χ3v) is 4.36. The lowest BCUT2D eigenvalue weighted by Crippen LogP contribution is -2.21. The molecule has 1 aromatic carbocycles. The van der Waals surface area contributed by atoms with Crippen LogP contribution >= 0.6 is 11.8 Å². The maximum absolute atomic E-state index is 11.3. The zero-order valence-corrected chi connectivity index (χ0v) is 12.0. The number of benzene rings is 1. The van der Waals surface area contributed by atoms with Crippen molar-refractivity contribution in [3.8, 4) is 0 Å². The third-order valence-electron chi connectivity index (χ3n) is 3.23. The van der Waals surface area contributed by atoms with Crippen molar-refractivity contribution in [2.75, 3.05) is 5.75 Å². The molecule has 1 atom stereocenters. The van der Waals surface area contributed by atoms with Gasteiger partial charge in [0.25, 0.3) is 0 Å². The second kappa shape index (κ2) is 5.45. The van der Waals surface area contributed by atoms with E-state index >= 15 is 0 Å². The number of Topliss-reactive ketones (excluding diaryl/α,β-unsaturated/α-hetero) is 1. The Morgan fingerprint density at radius 1 is 1.50 bits per heavy atom. The molecule has 1 aliphatic heterocycles. The molecule has 1 heterocycles. The van der Waals surface area contributed by atoms with Crippen LogP contribution in [0.1, 0.15) is 44.0 Å². The Labute approximate surface area is 113 Å². The minimum absolute atomic E-state index is 0.0342. The fraction of sp³-hybridized carbons (Fsp3) is 0.533. The lowest BCUT2D eigenvalue weighted by atomic mass is 10.1. The molecule has 0 aromatic heterocycles. The Hall–Kier alpha value is -0.800. The Balaban J connectivity index is 1.91. The van der Waals surface area contributed by atoms with Gasteiger partial charge in [-0.3, -0.25) is 4.79 Å². The molecular weight excluding hydrogens is 244 g/mol. The predicted octanol–water partition coefficient (Wildman–Crippen LogP) is 3.94. The number of rotatable bonds is 4. The topological polar surface area (TPSA) is 26.3 Å². The number of thioether (sulfide) groups is 1. The predicted molar refractivity (Wildman–Crippen MR) is 75.4 cm³/mol. The van der Waals surface area contributed by atoms with Crippen molar-refractivity contribution in [2.45, 2.75) is 50.2 Å². The Morgan fingerprint density at radius 2 is 2.28 bits per heavy atom. The van der Waals surface area contributed by atoms with Gasteiger partial charge >= 0.3 is 0 Å². The van der Waals surface area contributed by atoms with Gasteiger partial charge in [0.15, 0.2) is 5.78 Å². The summed E-state index contributed by atoms with van der Waals surface area (Å²) in [6.07, 6.45) is 2.60. The van der Waals surface area contributed by atoms with Gasteiger partial charge in [0, 0.05) is 16.2 Å². The first-order valence-electron chi connectivity index (χ1n) is 6.38. The van der Waals surface area contributed by atoms with Crippen molar-refractivity contribution in [3.63, 3.8) is 0 Å². The second-order valence-corrected chi connectivity index (χ2v) is 6.53. The first-order chi connectivity index (χ1) is 8.46. The highest BCUT2D eigenvalue weighted by atomic mass is 32.2. The zero-order valence-electron chi connectivity index (χ0n) is 11.2. The number of carbonyl (C=O) groups is 1. The van der Waals surface area contributed by atoms with E-state index < -0.39 is 0 Å². The summed E-state index contributed by atoms with van der Waals surface area (Å²) in [6.45, 7) is 5.90. The van der Waals surface area contributed by atoms with Crippen molar-refractivity contribution >= 4 is 17.5 Å². The van der Waals surface area contributed by atoms with E-state index in [1.165, 1.54) is 0 Å². The van der Waals surface area contributed by atoms with E-state index in [0.29, 0.717) is 6.10 Å². The van der Waals surface area contributed by atoms with E-state index in [2.05, 4.69) is 19.9 Å². The fourth-order valence-electron chi connectivity index (χ4n) is 2.19. The van der Waals surface area contributed by atoms with Crippen LogP contribution in [0.4, 0.5) is 0 Å². The molecule has 1 aliphatic rings. The number of ether oxygens (including phenoxy) is 1. The highest BCUT2D eigenvalue weighted by molar-refractivity contribution is 7.99. The molecular formula is C15H20O2S. The van der Waals surface area contributed by atoms with Gasteiger partial charge in [-0.15, -0.1) is 11.8 Å². The number of hydrogen-bond acceptors (Lipinski definition) is 3. The fourth-order valence-corrected chi connectivity index (χ4v) is 3.19. The molecule has 1 fully saturated rings. The lowest BCUT2D eigenvalue weighted by molar-refractivity contribution is -0.00466. The molecule has 0 aliphatic carbocycles. The molecule has 1 saturated heterocycles. The third kappa shape index (κ3) is 3.59. The summed E-state index contributed by atoms with van der Waals surface area (Å²) in [7, 11) is 0. The van der Waals surface area contributed by atoms with E-state index in [0.717, 1.165) is 29.1 Å². The normalized spacial score (nSPS) is 22.1. The summed E-state index contributed by atoms with van der Waals surface area (Å²) in [6, 6.07) is 7.82. The summed E-state index contributed by atoms with van der Waals surface area (Å²) in [5, 5.41) is 0. The van der Waals surface area contributed by atoms with Crippen molar-refractivity contribution in [3.05, 3.63) is 29.8 Å². The van der Waals surface area contributed by atoms with Crippen LogP contribution in [-0.4, -0.2) is 23.2 Å². The first kappa shape index (κ1) is 13.6. The monoisotopic (exact) mass is 264 g/mol. The van der Waals surface area contributed by atoms with Gasteiger partial charge in [0.05, 0.1) is 11.7 Å². The molecule has 1 aromatic rings. The Bertz CT molecular complexity index is 440. The van der Waals surface area contributed by atoms with Crippen LogP contribution in [0, 0.1) is 0 Å². The van der Waals surface area contributed by atoms with Gasteiger partial charge in [-0.1, -0.05) is 12.1 Å². The summed E-state index contributed by atoms with van der Waals surface area (Å²) >= 11 is 1.77. The molecule has 2 rings (SSSR count). The van der Waals surface area contributed by atoms with Gasteiger partial charge in [-0.2, -0.15) is 0 Å². The molecule has 3 heteroatoms. The molecule has 0 saturated carbocycles. The van der Waals surface area contributed by atoms with Crippen LogP contribution in [0.3, 0.4) is 0 Å². The van der Waals surface area contributed by atoms with E-state index in [9.17, 15) is 4.79 Å².